The summed E-state index contributed by atoms with van der Waals surface area (Å²) in [5, 5.41) is 3.69. The molecule has 0 aliphatic carbocycles. The van der Waals surface area contributed by atoms with Crippen LogP contribution in [0.25, 0.3) is 0 Å². The molecule has 0 saturated carbocycles. The molecule has 20 heavy (non-hydrogen) atoms. The molecule has 1 aromatic carbocycles. The predicted molar refractivity (Wildman–Crippen MR) is 81.7 cm³/mol. The maximum absolute atomic E-state index is 5.57. The van der Waals surface area contributed by atoms with Gasteiger partial charge < -0.3 is 10.1 Å². The van der Waals surface area contributed by atoms with Crippen LogP contribution in [-0.4, -0.2) is 43.3 Å². The van der Waals surface area contributed by atoms with Crippen LogP contribution in [0.3, 0.4) is 0 Å². The van der Waals surface area contributed by atoms with Crippen LogP contribution in [-0.2, 0) is 4.74 Å². The van der Waals surface area contributed by atoms with E-state index < -0.39 is 0 Å². The second-order valence-electron chi connectivity index (χ2n) is 6.28. The third-order valence-corrected chi connectivity index (χ3v) is 4.99. The van der Waals surface area contributed by atoms with E-state index in [1.807, 2.05) is 0 Å². The Morgan fingerprint density at radius 3 is 2.80 bits per heavy atom. The van der Waals surface area contributed by atoms with Gasteiger partial charge in [-0.15, -0.1) is 0 Å². The van der Waals surface area contributed by atoms with Gasteiger partial charge in [-0.25, -0.2) is 0 Å². The molecular weight excluding hydrogens is 248 g/mol. The van der Waals surface area contributed by atoms with Crippen molar-refractivity contribution in [2.24, 2.45) is 5.92 Å². The van der Waals surface area contributed by atoms with Crippen LogP contribution in [0.15, 0.2) is 30.3 Å². The Labute approximate surface area is 122 Å². The van der Waals surface area contributed by atoms with Gasteiger partial charge in [0.2, 0.25) is 0 Å². The molecule has 2 heterocycles. The van der Waals surface area contributed by atoms with E-state index in [1.165, 1.54) is 12.0 Å². The lowest BCUT2D eigenvalue weighted by molar-refractivity contribution is 0.0617. The zero-order valence-electron chi connectivity index (χ0n) is 12.6. The summed E-state index contributed by atoms with van der Waals surface area (Å²) in [6.07, 6.45) is 1.22. The summed E-state index contributed by atoms with van der Waals surface area (Å²) in [6, 6.07) is 12.5. The number of nitrogens with one attached hydrogen (secondary N) is 1. The molecule has 2 aliphatic rings. The normalized spacial score (nSPS) is 33.2. The first-order valence-electron chi connectivity index (χ1n) is 7.87. The van der Waals surface area contributed by atoms with Crippen molar-refractivity contribution < 1.29 is 4.74 Å². The third-order valence-electron chi connectivity index (χ3n) is 4.99. The smallest absolute Gasteiger partial charge is 0.0509 e. The second kappa shape index (κ2) is 6.25. The summed E-state index contributed by atoms with van der Waals surface area (Å²) < 4.78 is 5.57. The molecule has 1 aromatic rings. The van der Waals surface area contributed by atoms with E-state index in [2.05, 4.69) is 54.4 Å². The molecular formula is C17H26N2O. The van der Waals surface area contributed by atoms with Crippen molar-refractivity contribution in [3.05, 3.63) is 35.9 Å². The molecule has 2 aliphatic heterocycles. The summed E-state index contributed by atoms with van der Waals surface area (Å²) >= 11 is 0. The van der Waals surface area contributed by atoms with Crippen molar-refractivity contribution in [3.8, 4) is 0 Å². The molecule has 1 N–H and O–H groups in total. The first-order chi connectivity index (χ1) is 9.75. The predicted octanol–water partition coefficient (Wildman–Crippen LogP) is 2.45. The molecule has 0 aromatic heterocycles. The van der Waals surface area contributed by atoms with Crippen molar-refractivity contribution in [2.75, 3.05) is 26.3 Å². The van der Waals surface area contributed by atoms with Crippen LogP contribution in [0, 0.1) is 5.92 Å². The minimum absolute atomic E-state index is 0.456. The average Bonchev–Trinajstić information content (AvgIpc) is 3.02. The number of ether oxygens (including phenoxy) is 1. The zero-order chi connectivity index (χ0) is 13.9. The SMILES string of the molecule is CC1CNC(c2ccccc2)CN1C(C)C1CCOC1. The van der Waals surface area contributed by atoms with Crippen LogP contribution in [0.4, 0.5) is 0 Å². The topological polar surface area (TPSA) is 24.5 Å². The fourth-order valence-electron chi connectivity index (χ4n) is 3.57. The first-order valence-corrected chi connectivity index (χ1v) is 7.87. The van der Waals surface area contributed by atoms with E-state index in [4.69, 9.17) is 4.74 Å². The lowest BCUT2D eigenvalue weighted by Gasteiger charge is -2.44. The summed E-state index contributed by atoms with van der Waals surface area (Å²) in [5.41, 5.74) is 1.40. The fraction of sp³-hybridized carbons (Fsp3) is 0.647. The maximum Gasteiger partial charge on any atom is 0.0509 e. The van der Waals surface area contributed by atoms with Gasteiger partial charge in [0.15, 0.2) is 0 Å². The van der Waals surface area contributed by atoms with Crippen LogP contribution in [0.1, 0.15) is 31.9 Å². The Morgan fingerprint density at radius 1 is 1.30 bits per heavy atom. The van der Waals surface area contributed by atoms with E-state index in [1.54, 1.807) is 0 Å². The van der Waals surface area contributed by atoms with E-state index >= 15 is 0 Å². The third kappa shape index (κ3) is 2.90. The van der Waals surface area contributed by atoms with Gasteiger partial charge >= 0.3 is 0 Å². The van der Waals surface area contributed by atoms with Crippen LogP contribution < -0.4 is 5.32 Å². The lowest BCUT2D eigenvalue weighted by atomic mass is 9.94. The Bertz CT molecular complexity index is 416. The van der Waals surface area contributed by atoms with Crippen LogP contribution in [0.5, 0.6) is 0 Å². The van der Waals surface area contributed by atoms with Gasteiger partial charge in [-0.2, -0.15) is 0 Å². The summed E-state index contributed by atoms with van der Waals surface area (Å²) in [4.78, 5) is 2.67. The molecule has 4 unspecified atom stereocenters. The van der Waals surface area contributed by atoms with Gasteiger partial charge in [0.25, 0.3) is 0 Å². The number of benzene rings is 1. The van der Waals surface area contributed by atoms with E-state index in [0.717, 1.165) is 26.3 Å². The molecule has 2 saturated heterocycles. The van der Waals surface area contributed by atoms with Crippen molar-refractivity contribution in [1.82, 2.24) is 10.2 Å². The Morgan fingerprint density at radius 2 is 2.10 bits per heavy atom. The average molecular weight is 274 g/mol. The Kier molecular flexibility index (Phi) is 4.39. The minimum atomic E-state index is 0.456. The molecule has 3 nitrogen and oxygen atoms in total. The highest BCUT2D eigenvalue weighted by Crippen LogP contribution is 2.27. The number of hydrogen-bond donors (Lipinski definition) is 1. The number of hydrogen-bond acceptors (Lipinski definition) is 3. The molecule has 0 bridgehead atoms. The van der Waals surface area contributed by atoms with Gasteiger partial charge in [0.1, 0.15) is 0 Å². The van der Waals surface area contributed by atoms with E-state index in [0.29, 0.717) is 24.0 Å². The Hall–Kier alpha value is -0.900. The van der Waals surface area contributed by atoms with Gasteiger partial charge in [0, 0.05) is 37.8 Å². The number of rotatable bonds is 3. The standard InChI is InChI=1S/C17H26N2O/c1-13-10-18-17(15-6-4-3-5-7-15)11-19(13)14(2)16-8-9-20-12-16/h3-7,13-14,16-18H,8-12H2,1-2H3. The minimum Gasteiger partial charge on any atom is -0.381 e. The number of nitrogens with zero attached hydrogens (tertiary/aromatic N) is 1. The van der Waals surface area contributed by atoms with Crippen molar-refractivity contribution in [1.29, 1.82) is 0 Å². The fourth-order valence-corrected chi connectivity index (χ4v) is 3.57. The highest BCUT2D eigenvalue weighted by atomic mass is 16.5. The molecule has 0 amide bonds. The largest absolute Gasteiger partial charge is 0.381 e. The zero-order valence-corrected chi connectivity index (χ0v) is 12.6. The van der Waals surface area contributed by atoms with Crippen molar-refractivity contribution in [3.63, 3.8) is 0 Å². The molecule has 0 radical (unpaired) electrons. The highest BCUT2D eigenvalue weighted by Gasteiger charge is 2.34. The highest BCUT2D eigenvalue weighted by molar-refractivity contribution is 5.20. The van der Waals surface area contributed by atoms with Crippen molar-refractivity contribution in [2.45, 2.75) is 38.4 Å². The van der Waals surface area contributed by atoms with Crippen molar-refractivity contribution >= 4 is 0 Å². The quantitative estimate of drug-likeness (QED) is 0.916. The van der Waals surface area contributed by atoms with Gasteiger partial charge in [-0.05, 0) is 31.7 Å². The molecule has 3 heteroatoms. The second-order valence-corrected chi connectivity index (χ2v) is 6.28. The first kappa shape index (κ1) is 14.1. The van der Waals surface area contributed by atoms with Gasteiger partial charge in [-0.1, -0.05) is 30.3 Å². The maximum atomic E-state index is 5.57. The molecule has 110 valence electrons. The molecule has 0 spiro atoms. The van der Waals surface area contributed by atoms with E-state index in [9.17, 15) is 0 Å². The van der Waals surface area contributed by atoms with Crippen LogP contribution in [0.2, 0.25) is 0 Å². The van der Waals surface area contributed by atoms with Gasteiger partial charge in [0.05, 0.1) is 6.61 Å². The molecule has 3 rings (SSSR count). The Balaban J connectivity index is 1.70. The molecule has 4 atom stereocenters. The summed E-state index contributed by atoms with van der Waals surface area (Å²) in [5.74, 6) is 0.701. The van der Waals surface area contributed by atoms with E-state index in [-0.39, 0.29) is 0 Å². The number of piperazine rings is 1. The summed E-state index contributed by atoms with van der Waals surface area (Å²) in [6.45, 7) is 8.76. The van der Waals surface area contributed by atoms with Crippen LogP contribution >= 0.6 is 0 Å². The molecule has 2 fully saturated rings. The summed E-state index contributed by atoms with van der Waals surface area (Å²) in [7, 11) is 0. The van der Waals surface area contributed by atoms with Gasteiger partial charge in [-0.3, -0.25) is 4.90 Å². The lowest BCUT2D eigenvalue weighted by Crippen LogP contribution is -2.56. The monoisotopic (exact) mass is 274 g/mol.